The summed E-state index contributed by atoms with van der Waals surface area (Å²) < 4.78 is 0. The van der Waals surface area contributed by atoms with Crippen LogP contribution in [-0.4, -0.2) is 12.3 Å². The summed E-state index contributed by atoms with van der Waals surface area (Å²) >= 11 is 1.89. The molecule has 0 aliphatic carbocycles. The van der Waals surface area contributed by atoms with Crippen molar-refractivity contribution in [1.82, 2.24) is 5.32 Å². The van der Waals surface area contributed by atoms with E-state index < -0.39 is 0 Å². The molecule has 112 valence electrons. The molecule has 0 bridgehead atoms. The van der Waals surface area contributed by atoms with Crippen LogP contribution in [0.2, 0.25) is 0 Å². The molecule has 2 heteroatoms. The van der Waals surface area contributed by atoms with Gasteiger partial charge in [-0.1, -0.05) is 55.3 Å². The number of benzene rings is 2. The van der Waals surface area contributed by atoms with E-state index in [1.165, 1.54) is 27.1 Å². The minimum atomic E-state index is 0.272. The molecule has 0 aromatic heterocycles. The fourth-order valence-corrected chi connectivity index (χ4v) is 3.39. The highest BCUT2D eigenvalue weighted by atomic mass is 32.2. The minimum absolute atomic E-state index is 0.272. The smallest absolute Gasteiger partial charge is 0.0576 e. The largest absolute Gasteiger partial charge is 0.307 e. The second-order valence-electron chi connectivity index (χ2n) is 5.41. The maximum absolute atomic E-state index is 3.61. The molecule has 0 saturated heterocycles. The zero-order valence-corrected chi connectivity index (χ0v) is 14.3. The Hall–Kier alpha value is -1.25. The Kier molecular flexibility index (Phi) is 5.89. The van der Waals surface area contributed by atoms with E-state index in [9.17, 15) is 0 Å². The van der Waals surface area contributed by atoms with Crippen LogP contribution in [0.3, 0.4) is 0 Å². The summed E-state index contributed by atoms with van der Waals surface area (Å²) in [5.74, 6) is 1.12. The zero-order valence-electron chi connectivity index (χ0n) is 13.4. The lowest BCUT2D eigenvalue weighted by Crippen LogP contribution is -2.22. The van der Waals surface area contributed by atoms with E-state index in [1.807, 2.05) is 11.8 Å². The number of aryl methyl sites for hydroxylation is 2. The summed E-state index contributed by atoms with van der Waals surface area (Å²) in [6.07, 6.45) is 0. The van der Waals surface area contributed by atoms with E-state index in [-0.39, 0.29) is 6.04 Å². The van der Waals surface area contributed by atoms with Crippen molar-refractivity contribution in [3.05, 3.63) is 64.7 Å². The average Bonchev–Trinajstić information content (AvgIpc) is 2.45. The second kappa shape index (κ2) is 7.67. The number of nitrogens with one attached hydrogen (secondary N) is 1. The van der Waals surface area contributed by atoms with Crippen LogP contribution in [0.15, 0.2) is 47.4 Å². The van der Waals surface area contributed by atoms with Gasteiger partial charge in [-0.25, -0.2) is 0 Å². The molecule has 0 amide bonds. The lowest BCUT2D eigenvalue weighted by Gasteiger charge is -2.20. The predicted octanol–water partition coefficient (Wildman–Crippen LogP) is 5.11. The summed E-state index contributed by atoms with van der Waals surface area (Å²) in [7, 11) is 0. The van der Waals surface area contributed by atoms with Crippen molar-refractivity contribution in [2.45, 2.75) is 38.6 Å². The van der Waals surface area contributed by atoms with Gasteiger partial charge in [0.15, 0.2) is 0 Å². The molecular weight excluding hydrogens is 274 g/mol. The predicted molar refractivity (Wildman–Crippen MR) is 94.3 cm³/mol. The van der Waals surface area contributed by atoms with Gasteiger partial charge in [-0.15, -0.1) is 11.8 Å². The van der Waals surface area contributed by atoms with Crippen LogP contribution < -0.4 is 5.32 Å². The molecule has 0 radical (unpaired) electrons. The molecule has 0 fully saturated rings. The molecule has 0 aliphatic heterocycles. The van der Waals surface area contributed by atoms with Gasteiger partial charge in [0.2, 0.25) is 0 Å². The van der Waals surface area contributed by atoms with Crippen molar-refractivity contribution in [3.8, 4) is 0 Å². The van der Waals surface area contributed by atoms with Crippen molar-refractivity contribution in [1.29, 1.82) is 0 Å². The van der Waals surface area contributed by atoms with Crippen molar-refractivity contribution in [2.24, 2.45) is 0 Å². The molecule has 2 aromatic carbocycles. The van der Waals surface area contributed by atoms with E-state index in [2.05, 4.69) is 75.5 Å². The van der Waals surface area contributed by atoms with Crippen molar-refractivity contribution in [3.63, 3.8) is 0 Å². The summed E-state index contributed by atoms with van der Waals surface area (Å²) in [5, 5.41) is 3.61. The van der Waals surface area contributed by atoms with E-state index in [0.717, 1.165) is 12.3 Å². The van der Waals surface area contributed by atoms with Crippen molar-refractivity contribution in [2.75, 3.05) is 12.3 Å². The molecule has 2 aromatic rings. The molecule has 2 rings (SSSR count). The third kappa shape index (κ3) is 4.36. The topological polar surface area (TPSA) is 12.0 Å². The van der Waals surface area contributed by atoms with Gasteiger partial charge < -0.3 is 5.32 Å². The Morgan fingerprint density at radius 1 is 0.905 bits per heavy atom. The van der Waals surface area contributed by atoms with Gasteiger partial charge in [-0.2, -0.15) is 0 Å². The van der Waals surface area contributed by atoms with Gasteiger partial charge in [0.1, 0.15) is 0 Å². The van der Waals surface area contributed by atoms with Gasteiger partial charge in [0, 0.05) is 4.90 Å². The molecule has 21 heavy (non-hydrogen) atoms. The quantitative estimate of drug-likeness (QED) is 0.743. The first-order chi connectivity index (χ1) is 10.1. The molecule has 0 spiro atoms. The summed E-state index contributed by atoms with van der Waals surface area (Å²) in [4.78, 5) is 1.34. The maximum Gasteiger partial charge on any atom is 0.0576 e. The first-order valence-electron chi connectivity index (χ1n) is 7.68. The highest BCUT2D eigenvalue weighted by Crippen LogP contribution is 2.26. The highest BCUT2D eigenvalue weighted by molar-refractivity contribution is 7.99. The number of rotatable bonds is 6. The van der Waals surface area contributed by atoms with E-state index in [0.29, 0.717) is 0 Å². The highest BCUT2D eigenvalue weighted by Gasteiger charge is 2.13. The fourth-order valence-electron chi connectivity index (χ4n) is 2.73. The molecule has 1 unspecified atom stereocenters. The van der Waals surface area contributed by atoms with Gasteiger partial charge in [-0.3, -0.25) is 0 Å². The van der Waals surface area contributed by atoms with Crippen LogP contribution in [0.25, 0.3) is 0 Å². The minimum Gasteiger partial charge on any atom is -0.307 e. The second-order valence-corrected chi connectivity index (χ2v) is 6.75. The van der Waals surface area contributed by atoms with E-state index in [4.69, 9.17) is 0 Å². The van der Waals surface area contributed by atoms with Crippen LogP contribution in [0, 0.1) is 13.8 Å². The summed E-state index contributed by atoms with van der Waals surface area (Å²) in [5.41, 5.74) is 5.34. The van der Waals surface area contributed by atoms with Gasteiger partial charge in [0.25, 0.3) is 0 Å². The monoisotopic (exact) mass is 299 g/mol. The number of thioether (sulfide) groups is 1. The molecular formula is C19H25NS. The lowest BCUT2D eigenvalue weighted by molar-refractivity contribution is 0.629. The van der Waals surface area contributed by atoms with Crippen LogP contribution >= 0.6 is 11.8 Å². The third-order valence-electron chi connectivity index (χ3n) is 3.51. The van der Waals surface area contributed by atoms with Crippen LogP contribution in [-0.2, 0) is 0 Å². The normalized spacial score (nSPS) is 12.4. The zero-order chi connectivity index (χ0) is 15.2. The van der Waals surface area contributed by atoms with E-state index >= 15 is 0 Å². The standard InChI is InChI=1S/C19H25NS/c1-5-20-19(17-12-14(3)11-15(4)13-17)16-7-9-18(10-8-16)21-6-2/h7-13,19-20H,5-6H2,1-4H3. The molecule has 1 nitrogen and oxygen atoms in total. The fraction of sp³-hybridized carbons (Fsp3) is 0.368. The lowest BCUT2D eigenvalue weighted by atomic mass is 9.95. The number of hydrogen-bond acceptors (Lipinski definition) is 2. The first-order valence-corrected chi connectivity index (χ1v) is 8.67. The van der Waals surface area contributed by atoms with Crippen molar-refractivity contribution < 1.29 is 0 Å². The maximum atomic E-state index is 3.61. The molecule has 1 N–H and O–H groups in total. The molecule has 0 aliphatic rings. The van der Waals surface area contributed by atoms with E-state index in [1.54, 1.807) is 0 Å². The van der Waals surface area contributed by atoms with Crippen LogP contribution in [0.4, 0.5) is 0 Å². The molecule has 1 atom stereocenters. The van der Waals surface area contributed by atoms with Crippen molar-refractivity contribution >= 4 is 11.8 Å². The Morgan fingerprint density at radius 2 is 1.52 bits per heavy atom. The van der Waals surface area contributed by atoms with Crippen LogP contribution in [0.1, 0.15) is 42.1 Å². The SMILES string of the molecule is CCNC(c1ccc(SCC)cc1)c1cc(C)cc(C)c1. The van der Waals surface area contributed by atoms with Gasteiger partial charge >= 0.3 is 0 Å². The van der Waals surface area contributed by atoms with Gasteiger partial charge in [0.05, 0.1) is 6.04 Å². The first kappa shape index (κ1) is 16.1. The Balaban J connectivity index is 2.33. The van der Waals surface area contributed by atoms with Crippen LogP contribution in [0.5, 0.6) is 0 Å². The third-order valence-corrected chi connectivity index (χ3v) is 4.40. The Labute approximate surface area is 133 Å². The summed E-state index contributed by atoms with van der Waals surface area (Å²) in [6.45, 7) is 9.65. The molecule has 0 saturated carbocycles. The van der Waals surface area contributed by atoms with Gasteiger partial charge in [-0.05, 0) is 49.4 Å². The average molecular weight is 299 g/mol. The summed E-state index contributed by atoms with van der Waals surface area (Å²) in [6, 6.07) is 16.0. The molecule has 0 heterocycles. The Bertz CT molecular complexity index is 554. The Morgan fingerprint density at radius 3 is 2.05 bits per heavy atom. The number of hydrogen-bond donors (Lipinski definition) is 1.